The van der Waals surface area contributed by atoms with E-state index in [1.165, 1.54) is 23.9 Å². The molecule has 0 aliphatic carbocycles. The van der Waals surface area contributed by atoms with E-state index in [0.29, 0.717) is 5.02 Å². The average Bonchev–Trinajstić information content (AvgIpc) is 2.50. The van der Waals surface area contributed by atoms with E-state index >= 15 is 0 Å². The fourth-order valence-electron chi connectivity index (χ4n) is 1.94. The van der Waals surface area contributed by atoms with Crippen molar-refractivity contribution >= 4 is 29.3 Å². The molecule has 22 heavy (non-hydrogen) atoms. The summed E-state index contributed by atoms with van der Waals surface area (Å²) in [5.74, 6) is -0.342. The Morgan fingerprint density at radius 3 is 2.27 bits per heavy atom. The molecule has 0 bridgehead atoms. The van der Waals surface area contributed by atoms with Crippen LogP contribution in [0.5, 0.6) is 0 Å². The summed E-state index contributed by atoms with van der Waals surface area (Å²) >= 11 is 7.31. The lowest BCUT2D eigenvalue weighted by atomic mass is 10.1. The largest absolute Gasteiger partial charge is 0.349 e. The lowest BCUT2D eigenvalue weighted by Crippen LogP contribution is -2.33. The summed E-state index contributed by atoms with van der Waals surface area (Å²) in [6.45, 7) is 3.73. The van der Waals surface area contributed by atoms with Gasteiger partial charge in [-0.1, -0.05) is 23.7 Å². The molecule has 1 amide bonds. The van der Waals surface area contributed by atoms with Crippen molar-refractivity contribution in [2.75, 3.05) is 0 Å². The second kappa shape index (κ2) is 7.65. The first-order valence-corrected chi connectivity index (χ1v) is 8.19. The Labute approximate surface area is 139 Å². The number of nitrogens with one attached hydrogen (secondary N) is 1. The summed E-state index contributed by atoms with van der Waals surface area (Å²) in [7, 11) is 0. The van der Waals surface area contributed by atoms with E-state index in [4.69, 9.17) is 11.6 Å². The zero-order valence-corrected chi connectivity index (χ0v) is 13.9. The number of carbonyl (C=O) groups excluding carboxylic acids is 1. The quantitative estimate of drug-likeness (QED) is 0.791. The van der Waals surface area contributed by atoms with Gasteiger partial charge in [-0.05, 0) is 55.8 Å². The number of hydrogen-bond donors (Lipinski definition) is 1. The highest BCUT2D eigenvalue weighted by Gasteiger charge is 2.17. The van der Waals surface area contributed by atoms with Crippen LogP contribution in [-0.4, -0.2) is 11.2 Å². The van der Waals surface area contributed by atoms with E-state index in [9.17, 15) is 9.18 Å². The second-order valence-electron chi connectivity index (χ2n) is 5.00. The van der Waals surface area contributed by atoms with Crippen LogP contribution < -0.4 is 5.32 Å². The van der Waals surface area contributed by atoms with Crippen molar-refractivity contribution in [2.45, 2.75) is 30.0 Å². The van der Waals surface area contributed by atoms with Crippen molar-refractivity contribution in [3.05, 3.63) is 64.9 Å². The SMILES string of the molecule is CC(Sc1ccc(Cl)cc1)C(=O)NC(C)c1ccc(F)cc1. The molecular formula is C17H17ClFNOS. The summed E-state index contributed by atoms with van der Waals surface area (Å²) < 4.78 is 12.9. The monoisotopic (exact) mass is 337 g/mol. The van der Waals surface area contributed by atoms with Crippen molar-refractivity contribution < 1.29 is 9.18 Å². The molecule has 2 unspecified atom stereocenters. The number of hydrogen-bond acceptors (Lipinski definition) is 2. The Morgan fingerprint density at radius 1 is 1.09 bits per heavy atom. The summed E-state index contributed by atoms with van der Waals surface area (Å²) in [4.78, 5) is 13.2. The maximum absolute atomic E-state index is 12.9. The Hall–Kier alpha value is -1.52. The molecule has 0 aliphatic heterocycles. The van der Waals surface area contributed by atoms with Gasteiger partial charge in [-0.15, -0.1) is 11.8 Å². The van der Waals surface area contributed by atoms with Crippen LogP contribution in [0.15, 0.2) is 53.4 Å². The van der Waals surface area contributed by atoms with Crippen LogP contribution in [0, 0.1) is 5.82 Å². The van der Waals surface area contributed by atoms with Gasteiger partial charge in [-0.25, -0.2) is 4.39 Å². The van der Waals surface area contributed by atoms with Crippen molar-refractivity contribution in [1.82, 2.24) is 5.32 Å². The van der Waals surface area contributed by atoms with Crippen LogP contribution in [0.1, 0.15) is 25.5 Å². The van der Waals surface area contributed by atoms with Gasteiger partial charge in [0.2, 0.25) is 5.91 Å². The molecule has 2 atom stereocenters. The predicted molar refractivity (Wildman–Crippen MR) is 89.7 cm³/mol. The number of halogens is 2. The third kappa shape index (κ3) is 4.75. The Balaban J connectivity index is 1.93. The molecule has 5 heteroatoms. The molecule has 0 aromatic heterocycles. The van der Waals surface area contributed by atoms with Crippen LogP contribution in [-0.2, 0) is 4.79 Å². The zero-order chi connectivity index (χ0) is 16.1. The van der Waals surface area contributed by atoms with Crippen molar-refractivity contribution in [3.63, 3.8) is 0 Å². The standard InChI is InChI=1S/C17H17ClFNOS/c1-11(13-3-7-15(19)8-4-13)20-17(21)12(2)22-16-9-5-14(18)6-10-16/h3-12H,1-2H3,(H,20,21). The zero-order valence-electron chi connectivity index (χ0n) is 12.3. The fourth-order valence-corrected chi connectivity index (χ4v) is 2.94. The van der Waals surface area contributed by atoms with Gasteiger partial charge in [0.25, 0.3) is 0 Å². The molecule has 2 aromatic carbocycles. The van der Waals surface area contributed by atoms with Crippen molar-refractivity contribution in [2.24, 2.45) is 0 Å². The number of carbonyl (C=O) groups is 1. The van der Waals surface area contributed by atoms with E-state index in [1.807, 2.05) is 26.0 Å². The minimum absolute atomic E-state index is 0.0585. The van der Waals surface area contributed by atoms with Crippen molar-refractivity contribution in [3.8, 4) is 0 Å². The van der Waals surface area contributed by atoms with E-state index < -0.39 is 0 Å². The minimum atomic E-state index is -0.283. The molecular weight excluding hydrogens is 321 g/mol. The maximum Gasteiger partial charge on any atom is 0.233 e. The topological polar surface area (TPSA) is 29.1 Å². The second-order valence-corrected chi connectivity index (χ2v) is 6.85. The molecule has 0 aliphatic rings. The molecule has 0 saturated carbocycles. The third-order valence-corrected chi connectivity index (χ3v) is 4.59. The van der Waals surface area contributed by atoms with Crippen LogP contribution in [0.4, 0.5) is 4.39 Å². The van der Waals surface area contributed by atoms with Crippen LogP contribution in [0.3, 0.4) is 0 Å². The van der Waals surface area contributed by atoms with Gasteiger partial charge in [-0.3, -0.25) is 4.79 Å². The van der Waals surface area contributed by atoms with E-state index in [0.717, 1.165) is 10.5 Å². The molecule has 2 nitrogen and oxygen atoms in total. The molecule has 0 radical (unpaired) electrons. The summed E-state index contributed by atoms with van der Waals surface area (Å²) in [6, 6.07) is 13.4. The Bertz CT molecular complexity index is 630. The van der Waals surface area contributed by atoms with Crippen LogP contribution >= 0.6 is 23.4 Å². The first kappa shape index (κ1) is 16.8. The van der Waals surface area contributed by atoms with Gasteiger partial charge in [0, 0.05) is 9.92 Å². The predicted octanol–water partition coefficient (Wildman–Crippen LogP) is 4.84. The van der Waals surface area contributed by atoms with Gasteiger partial charge in [0.05, 0.1) is 11.3 Å². The fraction of sp³-hybridized carbons (Fsp3) is 0.235. The Kier molecular flexibility index (Phi) is 5.86. The number of thioether (sulfide) groups is 1. The highest BCUT2D eigenvalue weighted by molar-refractivity contribution is 8.00. The van der Waals surface area contributed by atoms with E-state index in [1.54, 1.807) is 24.3 Å². The van der Waals surface area contributed by atoms with Gasteiger partial charge < -0.3 is 5.32 Å². The van der Waals surface area contributed by atoms with Gasteiger partial charge in [0.1, 0.15) is 5.82 Å². The highest BCUT2D eigenvalue weighted by Crippen LogP contribution is 2.25. The Morgan fingerprint density at radius 2 is 1.68 bits per heavy atom. The molecule has 0 spiro atoms. The molecule has 116 valence electrons. The molecule has 2 aromatic rings. The lowest BCUT2D eigenvalue weighted by molar-refractivity contribution is -0.120. The van der Waals surface area contributed by atoms with Crippen LogP contribution in [0.2, 0.25) is 5.02 Å². The minimum Gasteiger partial charge on any atom is -0.349 e. The summed E-state index contributed by atoms with van der Waals surface area (Å²) in [6.07, 6.45) is 0. The van der Waals surface area contributed by atoms with Gasteiger partial charge >= 0.3 is 0 Å². The summed E-state index contributed by atoms with van der Waals surface area (Å²) in [5.41, 5.74) is 0.874. The molecule has 0 fully saturated rings. The maximum atomic E-state index is 12.9. The molecule has 1 N–H and O–H groups in total. The first-order chi connectivity index (χ1) is 10.5. The summed E-state index contributed by atoms with van der Waals surface area (Å²) in [5, 5.41) is 3.38. The highest BCUT2D eigenvalue weighted by atomic mass is 35.5. The number of amides is 1. The van der Waals surface area contributed by atoms with E-state index in [2.05, 4.69) is 5.32 Å². The average molecular weight is 338 g/mol. The van der Waals surface area contributed by atoms with Crippen molar-refractivity contribution in [1.29, 1.82) is 0 Å². The lowest BCUT2D eigenvalue weighted by Gasteiger charge is -2.18. The normalized spacial score (nSPS) is 13.5. The molecule has 2 rings (SSSR count). The van der Waals surface area contributed by atoms with Gasteiger partial charge in [0.15, 0.2) is 0 Å². The molecule has 0 heterocycles. The third-order valence-electron chi connectivity index (χ3n) is 3.22. The van der Waals surface area contributed by atoms with E-state index in [-0.39, 0.29) is 23.0 Å². The van der Waals surface area contributed by atoms with Gasteiger partial charge in [-0.2, -0.15) is 0 Å². The first-order valence-electron chi connectivity index (χ1n) is 6.94. The molecule has 0 saturated heterocycles. The smallest absolute Gasteiger partial charge is 0.233 e. The number of rotatable bonds is 5. The van der Waals surface area contributed by atoms with Crippen LogP contribution in [0.25, 0.3) is 0 Å². The number of benzene rings is 2.